The molecule has 0 saturated carbocycles. The minimum absolute atomic E-state index is 0.454. The van der Waals surface area contributed by atoms with Crippen LogP contribution >= 0.6 is 0 Å². The van der Waals surface area contributed by atoms with E-state index in [0.717, 1.165) is 0 Å². The molecule has 0 spiro atoms. The van der Waals surface area contributed by atoms with E-state index in [0.29, 0.717) is 34.5 Å². The first-order valence-electron chi connectivity index (χ1n) is 7.54. The minimum atomic E-state index is 0.454. The smallest absolute Gasteiger partial charge is 0.292 e. The fourth-order valence-electron chi connectivity index (χ4n) is 2.10. The summed E-state index contributed by atoms with van der Waals surface area (Å²) >= 11 is 0. The lowest BCUT2D eigenvalue weighted by atomic mass is 10.3. The Labute approximate surface area is 150 Å². The highest BCUT2D eigenvalue weighted by molar-refractivity contribution is 5.40. The number of rotatable bonds is 6. The van der Waals surface area contributed by atoms with Crippen molar-refractivity contribution >= 4 is 0 Å². The molecule has 0 amide bonds. The van der Waals surface area contributed by atoms with Gasteiger partial charge < -0.3 is 18.9 Å². The van der Waals surface area contributed by atoms with Gasteiger partial charge in [0.1, 0.15) is 34.5 Å². The molecule has 0 fully saturated rings. The standard InChI is InChI=1S/C20H12N2O4/c21-13-23-15-1-5-17(6-2-15)25-19-9-11-20(12-10-19)26-18-7-3-16(4-8-18)24-14-22/h1-12H. The molecule has 6 nitrogen and oxygen atoms in total. The molecule has 0 aliphatic carbocycles. The second-order valence-electron chi connectivity index (χ2n) is 5.01. The Bertz CT molecular complexity index is 857. The first kappa shape index (κ1) is 16.7. The van der Waals surface area contributed by atoms with E-state index >= 15 is 0 Å². The summed E-state index contributed by atoms with van der Waals surface area (Å²) in [4.78, 5) is 0. The highest BCUT2D eigenvalue weighted by Crippen LogP contribution is 2.28. The van der Waals surface area contributed by atoms with E-state index in [-0.39, 0.29) is 0 Å². The van der Waals surface area contributed by atoms with Crippen molar-refractivity contribution in [1.29, 1.82) is 10.5 Å². The summed E-state index contributed by atoms with van der Waals surface area (Å²) in [5, 5.41) is 16.9. The average molecular weight is 344 g/mol. The Hall–Kier alpha value is -4.16. The van der Waals surface area contributed by atoms with E-state index in [4.69, 9.17) is 29.5 Å². The number of hydrogen-bond donors (Lipinski definition) is 0. The van der Waals surface area contributed by atoms with Gasteiger partial charge in [0.05, 0.1) is 0 Å². The summed E-state index contributed by atoms with van der Waals surface area (Å²) in [6, 6.07) is 20.6. The fraction of sp³-hybridized carbons (Fsp3) is 0. The number of nitriles is 2. The molecule has 0 bridgehead atoms. The quantitative estimate of drug-likeness (QED) is 0.586. The summed E-state index contributed by atoms with van der Waals surface area (Å²) in [5.41, 5.74) is 0. The molecular weight excluding hydrogens is 332 g/mol. The molecule has 3 aromatic rings. The maximum Gasteiger partial charge on any atom is 0.292 e. The molecule has 0 radical (unpaired) electrons. The van der Waals surface area contributed by atoms with Crippen LogP contribution in [0.25, 0.3) is 0 Å². The van der Waals surface area contributed by atoms with Crippen molar-refractivity contribution in [2.45, 2.75) is 0 Å². The summed E-state index contributed by atoms with van der Waals surface area (Å²) in [7, 11) is 0. The Morgan fingerprint density at radius 1 is 0.423 bits per heavy atom. The van der Waals surface area contributed by atoms with Crippen LogP contribution < -0.4 is 18.9 Å². The SMILES string of the molecule is N#COc1ccc(Oc2ccc(Oc3ccc(OC#N)cc3)cc2)cc1. The molecule has 0 aromatic heterocycles. The maximum atomic E-state index is 8.46. The van der Waals surface area contributed by atoms with Crippen LogP contribution in [-0.2, 0) is 0 Å². The summed E-state index contributed by atoms with van der Waals surface area (Å²) in [6.07, 6.45) is 3.23. The number of hydrogen-bond acceptors (Lipinski definition) is 6. The Kier molecular flexibility index (Phi) is 5.19. The van der Waals surface area contributed by atoms with Crippen LogP contribution in [0, 0.1) is 23.0 Å². The van der Waals surface area contributed by atoms with Gasteiger partial charge in [-0.25, -0.2) is 0 Å². The van der Waals surface area contributed by atoms with Crippen molar-refractivity contribution in [3.8, 4) is 47.0 Å². The van der Waals surface area contributed by atoms with E-state index in [1.807, 2.05) is 0 Å². The third kappa shape index (κ3) is 4.44. The van der Waals surface area contributed by atoms with Gasteiger partial charge >= 0.3 is 0 Å². The van der Waals surface area contributed by atoms with Gasteiger partial charge in [0, 0.05) is 0 Å². The number of ether oxygens (including phenoxy) is 4. The highest BCUT2D eigenvalue weighted by atomic mass is 16.5. The molecular formula is C20H12N2O4. The predicted octanol–water partition coefficient (Wildman–Crippen LogP) is 4.99. The van der Waals surface area contributed by atoms with Crippen LogP contribution in [-0.4, -0.2) is 0 Å². The van der Waals surface area contributed by atoms with Crippen molar-refractivity contribution in [3.05, 3.63) is 72.8 Å². The van der Waals surface area contributed by atoms with Crippen LogP contribution in [0.2, 0.25) is 0 Å². The van der Waals surface area contributed by atoms with Gasteiger partial charge in [0.25, 0.3) is 12.5 Å². The summed E-state index contributed by atoms with van der Waals surface area (Å²) in [6.45, 7) is 0. The van der Waals surface area contributed by atoms with Crippen molar-refractivity contribution in [2.24, 2.45) is 0 Å². The Morgan fingerprint density at radius 2 is 0.654 bits per heavy atom. The first-order valence-corrected chi connectivity index (χ1v) is 7.54. The third-order valence-corrected chi connectivity index (χ3v) is 3.27. The van der Waals surface area contributed by atoms with Crippen LogP contribution in [0.1, 0.15) is 0 Å². The largest absolute Gasteiger partial charge is 0.457 e. The summed E-state index contributed by atoms with van der Waals surface area (Å²) < 4.78 is 20.9. The molecule has 0 unspecified atom stereocenters. The van der Waals surface area contributed by atoms with Gasteiger partial charge in [-0.2, -0.15) is 0 Å². The van der Waals surface area contributed by atoms with Gasteiger partial charge in [-0.15, -0.1) is 10.5 Å². The van der Waals surface area contributed by atoms with Crippen LogP contribution in [0.4, 0.5) is 0 Å². The lowest BCUT2D eigenvalue weighted by Gasteiger charge is -2.09. The van der Waals surface area contributed by atoms with Gasteiger partial charge in [-0.3, -0.25) is 0 Å². The highest BCUT2D eigenvalue weighted by Gasteiger charge is 2.02. The zero-order valence-electron chi connectivity index (χ0n) is 13.5. The van der Waals surface area contributed by atoms with Crippen LogP contribution in [0.15, 0.2) is 72.8 Å². The second kappa shape index (κ2) is 8.09. The second-order valence-corrected chi connectivity index (χ2v) is 5.01. The van der Waals surface area contributed by atoms with E-state index in [9.17, 15) is 0 Å². The maximum absolute atomic E-state index is 8.46. The van der Waals surface area contributed by atoms with Crippen molar-refractivity contribution in [2.75, 3.05) is 0 Å². The first-order chi connectivity index (χ1) is 12.8. The van der Waals surface area contributed by atoms with Gasteiger partial charge in [-0.1, -0.05) is 0 Å². The van der Waals surface area contributed by atoms with E-state index in [1.165, 1.54) is 0 Å². The van der Waals surface area contributed by atoms with Crippen molar-refractivity contribution in [3.63, 3.8) is 0 Å². The topological polar surface area (TPSA) is 84.5 Å². The van der Waals surface area contributed by atoms with Crippen LogP contribution in [0.5, 0.6) is 34.5 Å². The average Bonchev–Trinajstić information content (AvgIpc) is 2.67. The molecule has 126 valence electrons. The number of nitrogens with zero attached hydrogens (tertiary/aromatic N) is 2. The normalized spacial score (nSPS) is 9.46. The molecule has 0 heterocycles. The van der Waals surface area contributed by atoms with Gasteiger partial charge in [0.2, 0.25) is 0 Å². The van der Waals surface area contributed by atoms with Gasteiger partial charge in [-0.05, 0) is 72.8 Å². The third-order valence-electron chi connectivity index (χ3n) is 3.27. The lowest BCUT2D eigenvalue weighted by Crippen LogP contribution is -1.87. The molecule has 26 heavy (non-hydrogen) atoms. The van der Waals surface area contributed by atoms with E-state index < -0.39 is 0 Å². The minimum Gasteiger partial charge on any atom is -0.457 e. The van der Waals surface area contributed by atoms with Crippen molar-refractivity contribution in [1.82, 2.24) is 0 Å². The van der Waals surface area contributed by atoms with Gasteiger partial charge in [0.15, 0.2) is 0 Å². The van der Waals surface area contributed by atoms with Crippen molar-refractivity contribution < 1.29 is 18.9 Å². The zero-order valence-corrected chi connectivity index (χ0v) is 13.5. The molecule has 0 N–H and O–H groups in total. The Balaban J connectivity index is 1.61. The number of benzene rings is 3. The molecule has 6 heteroatoms. The summed E-state index contributed by atoms with van der Waals surface area (Å²) in [5.74, 6) is 3.44. The Morgan fingerprint density at radius 3 is 0.885 bits per heavy atom. The van der Waals surface area contributed by atoms with E-state index in [2.05, 4.69) is 0 Å². The van der Waals surface area contributed by atoms with E-state index in [1.54, 1.807) is 85.3 Å². The zero-order chi connectivity index (χ0) is 18.2. The monoisotopic (exact) mass is 344 g/mol. The fourth-order valence-corrected chi connectivity index (χ4v) is 2.10. The molecule has 0 aliphatic heterocycles. The molecule has 0 atom stereocenters. The predicted molar refractivity (Wildman–Crippen MR) is 92.0 cm³/mol. The lowest BCUT2D eigenvalue weighted by molar-refractivity contribution is 0.465. The molecule has 3 aromatic carbocycles. The molecule has 0 saturated heterocycles. The van der Waals surface area contributed by atoms with Crippen LogP contribution in [0.3, 0.4) is 0 Å². The molecule has 3 rings (SSSR count). The molecule has 0 aliphatic rings.